The van der Waals surface area contributed by atoms with Gasteiger partial charge in [0.05, 0.1) is 32.5 Å². The highest BCUT2D eigenvalue weighted by Crippen LogP contribution is 2.23. The van der Waals surface area contributed by atoms with Crippen LogP contribution in [0.1, 0.15) is 24.5 Å². The Balaban J connectivity index is 1.79. The minimum absolute atomic E-state index is 0.222. The highest BCUT2D eigenvalue weighted by molar-refractivity contribution is 5.20. The molecule has 5 heteroatoms. The molecule has 0 heterocycles. The van der Waals surface area contributed by atoms with Gasteiger partial charge in [0.2, 0.25) is 0 Å². The lowest BCUT2D eigenvalue weighted by Crippen LogP contribution is -2.26. The minimum atomic E-state index is -0.280. The van der Waals surface area contributed by atoms with E-state index in [1.165, 1.54) is 18.9 Å². The van der Waals surface area contributed by atoms with Gasteiger partial charge < -0.3 is 19.5 Å². The SMILES string of the molecule is COCCOCCOC(CNC1CC1)c1ccccc1F. The zero-order valence-corrected chi connectivity index (χ0v) is 12.5. The van der Waals surface area contributed by atoms with E-state index in [-0.39, 0.29) is 11.9 Å². The molecule has 0 aromatic heterocycles. The standard InChI is InChI=1S/C16H24FNO3/c1-19-8-9-20-10-11-21-16(12-18-13-6-7-13)14-4-2-3-5-15(14)17/h2-5,13,16,18H,6-12H2,1H3. The van der Waals surface area contributed by atoms with Crippen LogP contribution in [0.2, 0.25) is 0 Å². The van der Waals surface area contributed by atoms with Crippen molar-refractivity contribution >= 4 is 0 Å². The molecule has 0 bridgehead atoms. The average molecular weight is 297 g/mol. The second-order valence-electron chi connectivity index (χ2n) is 5.17. The van der Waals surface area contributed by atoms with E-state index < -0.39 is 0 Å². The Labute approximate surface area is 125 Å². The van der Waals surface area contributed by atoms with Crippen molar-refractivity contribution in [3.8, 4) is 0 Å². The van der Waals surface area contributed by atoms with Crippen LogP contribution >= 0.6 is 0 Å². The van der Waals surface area contributed by atoms with Crippen LogP contribution in [0.15, 0.2) is 24.3 Å². The van der Waals surface area contributed by atoms with Crippen LogP contribution < -0.4 is 5.32 Å². The third-order valence-electron chi connectivity index (χ3n) is 3.40. The van der Waals surface area contributed by atoms with Gasteiger partial charge in [0, 0.05) is 25.3 Å². The minimum Gasteiger partial charge on any atom is -0.382 e. The topological polar surface area (TPSA) is 39.7 Å². The zero-order valence-electron chi connectivity index (χ0n) is 12.5. The van der Waals surface area contributed by atoms with Gasteiger partial charge in [-0.1, -0.05) is 18.2 Å². The van der Waals surface area contributed by atoms with Crippen LogP contribution in [-0.4, -0.2) is 46.1 Å². The maximum atomic E-state index is 13.9. The van der Waals surface area contributed by atoms with Crippen LogP contribution in [0, 0.1) is 5.82 Å². The van der Waals surface area contributed by atoms with Crippen molar-refractivity contribution in [2.75, 3.05) is 40.1 Å². The van der Waals surface area contributed by atoms with E-state index in [4.69, 9.17) is 14.2 Å². The number of benzene rings is 1. The number of methoxy groups -OCH3 is 1. The summed E-state index contributed by atoms with van der Waals surface area (Å²) in [4.78, 5) is 0. The van der Waals surface area contributed by atoms with E-state index >= 15 is 0 Å². The zero-order chi connectivity index (χ0) is 14.9. The summed E-state index contributed by atoms with van der Waals surface area (Å²) in [6.45, 7) is 2.67. The summed E-state index contributed by atoms with van der Waals surface area (Å²) >= 11 is 0. The Kier molecular flexibility index (Phi) is 7.09. The number of nitrogens with one attached hydrogen (secondary N) is 1. The average Bonchev–Trinajstić information content (AvgIpc) is 3.31. The second-order valence-corrected chi connectivity index (χ2v) is 5.17. The van der Waals surface area contributed by atoms with Gasteiger partial charge in [-0.3, -0.25) is 0 Å². The molecule has 1 unspecified atom stereocenters. The van der Waals surface area contributed by atoms with Crippen LogP contribution in [-0.2, 0) is 14.2 Å². The Morgan fingerprint density at radius 3 is 2.67 bits per heavy atom. The summed E-state index contributed by atoms with van der Waals surface area (Å²) in [5.41, 5.74) is 0.600. The smallest absolute Gasteiger partial charge is 0.129 e. The van der Waals surface area contributed by atoms with Gasteiger partial charge in [0.1, 0.15) is 5.82 Å². The lowest BCUT2D eigenvalue weighted by Gasteiger charge is -2.19. The summed E-state index contributed by atoms with van der Waals surface area (Å²) in [6, 6.07) is 7.35. The highest BCUT2D eigenvalue weighted by atomic mass is 19.1. The lowest BCUT2D eigenvalue weighted by molar-refractivity contribution is -0.00803. The molecule has 4 nitrogen and oxygen atoms in total. The van der Waals surface area contributed by atoms with Gasteiger partial charge >= 0.3 is 0 Å². The van der Waals surface area contributed by atoms with Crippen molar-refractivity contribution in [3.63, 3.8) is 0 Å². The molecule has 1 fully saturated rings. The van der Waals surface area contributed by atoms with Crippen molar-refractivity contribution in [2.24, 2.45) is 0 Å². The largest absolute Gasteiger partial charge is 0.382 e. The van der Waals surface area contributed by atoms with Gasteiger partial charge in [0.25, 0.3) is 0 Å². The van der Waals surface area contributed by atoms with E-state index in [1.807, 2.05) is 6.07 Å². The number of rotatable bonds is 11. The van der Waals surface area contributed by atoms with Crippen LogP contribution in [0.5, 0.6) is 0 Å². The quantitative estimate of drug-likeness (QED) is 0.636. The molecule has 0 amide bonds. The number of ether oxygens (including phenoxy) is 3. The third kappa shape index (κ3) is 6.09. The molecule has 1 aromatic carbocycles. The monoisotopic (exact) mass is 297 g/mol. The number of hydrogen-bond acceptors (Lipinski definition) is 4. The van der Waals surface area contributed by atoms with Gasteiger partial charge in [-0.15, -0.1) is 0 Å². The van der Waals surface area contributed by atoms with Crippen molar-refractivity contribution in [2.45, 2.75) is 25.0 Å². The first-order valence-corrected chi connectivity index (χ1v) is 7.47. The second kappa shape index (κ2) is 9.10. The Morgan fingerprint density at radius 1 is 1.19 bits per heavy atom. The summed E-state index contributed by atoms with van der Waals surface area (Å²) < 4.78 is 30.0. The highest BCUT2D eigenvalue weighted by Gasteiger charge is 2.23. The fraction of sp³-hybridized carbons (Fsp3) is 0.625. The maximum absolute atomic E-state index is 13.9. The molecule has 118 valence electrons. The maximum Gasteiger partial charge on any atom is 0.129 e. The Bertz CT molecular complexity index is 412. The molecular formula is C16H24FNO3. The summed E-state index contributed by atoms with van der Waals surface area (Å²) in [6.07, 6.45) is 2.12. The molecule has 0 aliphatic heterocycles. The molecule has 0 spiro atoms. The molecular weight excluding hydrogens is 273 g/mol. The first-order valence-electron chi connectivity index (χ1n) is 7.47. The van der Waals surface area contributed by atoms with E-state index in [2.05, 4.69) is 5.32 Å². The molecule has 1 aliphatic rings. The predicted molar refractivity (Wildman–Crippen MR) is 78.8 cm³/mol. The molecule has 1 saturated carbocycles. The number of hydrogen-bond donors (Lipinski definition) is 1. The van der Waals surface area contributed by atoms with E-state index in [0.717, 1.165) is 0 Å². The van der Waals surface area contributed by atoms with Gasteiger partial charge in [-0.2, -0.15) is 0 Å². The predicted octanol–water partition coefficient (Wildman–Crippen LogP) is 2.30. The van der Waals surface area contributed by atoms with E-state index in [1.54, 1.807) is 19.2 Å². The van der Waals surface area contributed by atoms with E-state index in [9.17, 15) is 4.39 Å². The first kappa shape index (κ1) is 16.4. The molecule has 21 heavy (non-hydrogen) atoms. The molecule has 0 radical (unpaired) electrons. The Morgan fingerprint density at radius 2 is 1.95 bits per heavy atom. The van der Waals surface area contributed by atoms with Crippen LogP contribution in [0.4, 0.5) is 4.39 Å². The molecule has 2 rings (SSSR count). The molecule has 1 aromatic rings. The number of halogens is 1. The van der Waals surface area contributed by atoms with Gasteiger partial charge in [-0.05, 0) is 18.9 Å². The third-order valence-corrected chi connectivity index (χ3v) is 3.40. The van der Waals surface area contributed by atoms with Gasteiger partial charge in [0.15, 0.2) is 0 Å². The molecule has 1 atom stereocenters. The van der Waals surface area contributed by atoms with Crippen molar-refractivity contribution in [1.82, 2.24) is 5.32 Å². The Hall–Kier alpha value is -1.01. The summed E-state index contributed by atoms with van der Waals surface area (Å²) in [5.74, 6) is -0.222. The van der Waals surface area contributed by atoms with Crippen LogP contribution in [0.25, 0.3) is 0 Å². The van der Waals surface area contributed by atoms with Crippen molar-refractivity contribution in [3.05, 3.63) is 35.6 Å². The lowest BCUT2D eigenvalue weighted by atomic mass is 10.1. The van der Waals surface area contributed by atoms with E-state index in [0.29, 0.717) is 44.6 Å². The van der Waals surface area contributed by atoms with Crippen LogP contribution in [0.3, 0.4) is 0 Å². The van der Waals surface area contributed by atoms with Crippen molar-refractivity contribution in [1.29, 1.82) is 0 Å². The summed E-state index contributed by atoms with van der Waals surface area (Å²) in [7, 11) is 1.64. The fourth-order valence-corrected chi connectivity index (χ4v) is 2.05. The first-order chi connectivity index (χ1) is 10.3. The molecule has 1 N–H and O–H groups in total. The normalized spacial score (nSPS) is 16.1. The fourth-order valence-electron chi connectivity index (χ4n) is 2.05. The summed E-state index contributed by atoms with van der Waals surface area (Å²) in [5, 5.41) is 3.39. The van der Waals surface area contributed by atoms with Gasteiger partial charge in [-0.25, -0.2) is 4.39 Å². The van der Waals surface area contributed by atoms with Crippen molar-refractivity contribution < 1.29 is 18.6 Å². The molecule has 0 saturated heterocycles. The molecule has 1 aliphatic carbocycles.